The molecule has 1 aliphatic carbocycles. The van der Waals surface area contributed by atoms with Gasteiger partial charge in [-0.15, -0.1) is 5.10 Å². The fourth-order valence-electron chi connectivity index (χ4n) is 3.47. The molecule has 0 saturated heterocycles. The smallest absolute Gasteiger partial charge is 0.224 e. The fraction of sp³-hybridized carbons (Fsp3) is 0.263. The van der Waals surface area contributed by atoms with Gasteiger partial charge in [-0.05, 0) is 51.6 Å². The topological polar surface area (TPSA) is 72.7 Å². The Kier molecular flexibility index (Phi) is 4.01. The van der Waals surface area contributed by atoms with Crippen LogP contribution in [0.15, 0.2) is 54.9 Å². The lowest BCUT2D eigenvalue weighted by molar-refractivity contribution is -0.121. The number of aromatic nitrogens is 4. The minimum atomic E-state index is 0.0451. The molecular weight excluding hydrogens is 314 g/mol. The third-order valence-corrected chi connectivity index (χ3v) is 4.73. The van der Waals surface area contributed by atoms with Crippen molar-refractivity contribution in [1.29, 1.82) is 0 Å². The standard InChI is InChI=1S/C19H19N5O/c1-13-10-15-4-2-3-5-17(15)19(13)21-18(25)11-14-6-8-16(9-7-14)24-12-20-22-23-24/h2-9,12-13,19H,10-11H2,1H3,(H,21,25)/t13-,19+/m1/s1. The zero-order valence-corrected chi connectivity index (χ0v) is 14.0. The van der Waals surface area contributed by atoms with Gasteiger partial charge in [-0.3, -0.25) is 4.79 Å². The first kappa shape index (κ1) is 15.5. The van der Waals surface area contributed by atoms with Crippen molar-refractivity contribution in [3.8, 4) is 5.69 Å². The van der Waals surface area contributed by atoms with Gasteiger partial charge < -0.3 is 5.32 Å². The van der Waals surface area contributed by atoms with Crippen LogP contribution in [0.3, 0.4) is 0 Å². The number of tetrazole rings is 1. The van der Waals surface area contributed by atoms with Crippen molar-refractivity contribution < 1.29 is 4.79 Å². The second-order valence-corrected chi connectivity index (χ2v) is 6.52. The summed E-state index contributed by atoms with van der Waals surface area (Å²) in [5.41, 5.74) is 4.42. The summed E-state index contributed by atoms with van der Waals surface area (Å²) in [5.74, 6) is 0.465. The van der Waals surface area contributed by atoms with Crippen LogP contribution in [0, 0.1) is 5.92 Å². The second-order valence-electron chi connectivity index (χ2n) is 6.52. The minimum Gasteiger partial charge on any atom is -0.349 e. The van der Waals surface area contributed by atoms with Crippen LogP contribution in [-0.2, 0) is 17.6 Å². The Bertz CT molecular complexity index is 873. The predicted molar refractivity (Wildman–Crippen MR) is 93.1 cm³/mol. The van der Waals surface area contributed by atoms with Crippen LogP contribution in [-0.4, -0.2) is 26.1 Å². The first-order valence-electron chi connectivity index (χ1n) is 8.40. The average Bonchev–Trinajstić information content (AvgIpc) is 3.25. The molecule has 6 nitrogen and oxygen atoms in total. The Hall–Kier alpha value is -3.02. The van der Waals surface area contributed by atoms with E-state index in [9.17, 15) is 4.79 Å². The van der Waals surface area contributed by atoms with E-state index in [0.717, 1.165) is 17.7 Å². The van der Waals surface area contributed by atoms with Crippen molar-refractivity contribution in [3.63, 3.8) is 0 Å². The highest BCUT2D eigenvalue weighted by Gasteiger charge is 2.29. The van der Waals surface area contributed by atoms with Crippen molar-refractivity contribution in [2.75, 3.05) is 0 Å². The molecule has 0 fully saturated rings. The molecule has 6 heteroatoms. The normalized spacial score (nSPS) is 18.8. The Morgan fingerprint density at radius 3 is 2.76 bits per heavy atom. The number of nitrogens with one attached hydrogen (secondary N) is 1. The summed E-state index contributed by atoms with van der Waals surface area (Å²) in [7, 11) is 0. The molecule has 1 amide bonds. The maximum absolute atomic E-state index is 12.5. The van der Waals surface area contributed by atoms with Crippen molar-refractivity contribution in [2.45, 2.75) is 25.8 Å². The van der Waals surface area contributed by atoms with E-state index >= 15 is 0 Å². The van der Waals surface area contributed by atoms with Gasteiger partial charge in [0.15, 0.2) is 0 Å². The Morgan fingerprint density at radius 2 is 2.00 bits per heavy atom. The number of fused-ring (bicyclic) bond motifs is 1. The summed E-state index contributed by atoms with van der Waals surface area (Å²) in [5, 5.41) is 14.3. The van der Waals surface area contributed by atoms with Crippen LogP contribution < -0.4 is 5.32 Å². The number of hydrogen-bond donors (Lipinski definition) is 1. The van der Waals surface area contributed by atoms with Gasteiger partial charge in [0.1, 0.15) is 6.33 Å². The van der Waals surface area contributed by atoms with Crippen molar-refractivity contribution in [2.24, 2.45) is 5.92 Å². The average molecular weight is 333 g/mol. The highest BCUT2D eigenvalue weighted by Crippen LogP contribution is 2.35. The number of rotatable bonds is 4. The summed E-state index contributed by atoms with van der Waals surface area (Å²) in [6, 6.07) is 16.1. The maximum Gasteiger partial charge on any atom is 0.224 e. The summed E-state index contributed by atoms with van der Waals surface area (Å²) < 4.78 is 1.58. The van der Waals surface area contributed by atoms with Crippen LogP contribution >= 0.6 is 0 Å². The number of hydrogen-bond acceptors (Lipinski definition) is 4. The summed E-state index contributed by atoms with van der Waals surface area (Å²) in [6.07, 6.45) is 2.92. The molecule has 25 heavy (non-hydrogen) atoms. The summed E-state index contributed by atoms with van der Waals surface area (Å²) in [6.45, 7) is 2.19. The lowest BCUT2D eigenvalue weighted by atomic mass is 10.0. The van der Waals surface area contributed by atoms with Crippen molar-refractivity contribution in [3.05, 3.63) is 71.5 Å². The quantitative estimate of drug-likeness (QED) is 0.795. The Morgan fingerprint density at radius 1 is 1.20 bits per heavy atom. The van der Waals surface area contributed by atoms with E-state index in [0.29, 0.717) is 12.3 Å². The zero-order valence-electron chi connectivity index (χ0n) is 14.0. The fourth-order valence-corrected chi connectivity index (χ4v) is 3.47. The largest absolute Gasteiger partial charge is 0.349 e. The molecular formula is C19H19N5O. The molecule has 126 valence electrons. The molecule has 0 bridgehead atoms. The molecule has 0 spiro atoms. The molecule has 0 saturated carbocycles. The van der Waals surface area contributed by atoms with E-state index in [1.807, 2.05) is 30.3 Å². The maximum atomic E-state index is 12.5. The lowest BCUT2D eigenvalue weighted by Gasteiger charge is -2.19. The number of carbonyl (C=O) groups excluding carboxylic acids is 1. The van der Waals surface area contributed by atoms with Gasteiger partial charge in [0.2, 0.25) is 5.91 Å². The van der Waals surface area contributed by atoms with Gasteiger partial charge >= 0.3 is 0 Å². The van der Waals surface area contributed by atoms with Gasteiger partial charge in [-0.25, -0.2) is 4.68 Å². The van der Waals surface area contributed by atoms with Gasteiger partial charge in [-0.2, -0.15) is 0 Å². The lowest BCUT2D eigenvalue weighted by Crippen LogP contribution is -2.31. The molecule has 2 aromatic carbocycles. The zero-order chi connectivity index (χ0) is 17.2. The first-order chi connectivity index (χ1) is 12.2. The van der Waals surface area contributed by atoms with Gasteiger partial charge in [0.25, 0.3) is 0 Å². The molecule has 4 rings (SSSR count). The molecule has 1 N–H and O–H groups in total. The monoisotopic (exact) mass is 333 g/mol. The van der Waals surface area contributed by atoms with Gasteiger partial charge in [0, 0.05) is 0 Å². The van der Waals surface area contributed by atoms with Gasteiger partial charge in [-0.1, -0.05) is 43.3 Å². The van der Waals surface area contributed by atoms with Crippen molar-refractivity contribution in [1.82, 2.24) is 25.5 Å². The van der Waals surface area contributed by atoms with E-state index in [4.69, 9.17) is 0 Å². The highest BCUT2D eigenvalue weighted by molar-refractivity contribution is 5.79. The van der Waals surface area contributed by atoms with Crippen LogP contribution in [0.1, 0.15) is 29.7 Å². The molecule has 0 aliphatic heterocycles. The molecule has 2 atom stereocenters. The van der Waals surface area contributed by atoms with E-state index in [-0.39, 0.29) is 11.9 Å². The first-order valence-corrected chi connectivity index (χ1v) is 8.40. The van der Waals surface area contributed by atoms with Crippen molar-refractivity contribution >= 4 is 5.91 Å². The molecule has 3 aromatic rings. The van der Waals surface area contributed by atoms with Crippen LogP contribution in [0.25, 0.3) is 5.69 Å². The third kappa shape index (κ3) is 3.15. The summed E-state index contributed by atoms with van der Waals surface area (Å²) in [4.78, 5) is 12.5. The highest BCUT2D eigenvalue weighted by atomic mass is 16.1. The second kappa shape index (κ2) is 6.47. The number of amides is 1. The third-order valence-electron chi connectivity index (χ3n) is 4.73. The van der Waals surface area contributed by atoms with E-state index in [1.54, 1.807) is 11.0 Å². The molecule has 1 heterocycles. The molecule has 0 unspecified atom stereocenters. The summed E-state index contributed by atoms with van der Waals surface area (Å²) >= 11 is 0. The number of carbonyl (C=O) groups is 1. The van der Waals surface area contributed by atoms with E-state index in [2.05, 4.69) is 46.0 Å². The van der Waals surface area contributed by atoms with Crippen LogP contribution in [0.5, 0.6) is 0 Å². The number of benzene rings is 2. The van der Waals surface area contributed by atoms with E-state index < -0.39 is 0 Å². The Labute approximate surface area is 145 Å². The molecule has 1 aromatic heterocycles. The predicted octanol–water partition coefficient (Wildman–Crippen LogP) is 2.25. The van der Waals surface area contributed by atoms with E-state index in [1.165, 1.54) is 11.1 Å². The SMILES string of the molecule is C[C@@H]1Cc2ccccc2[C@H]1NC(=O)Cc1ccc(-n2cnnn2)cc1. The molecule has 1 aliphatic rings. The van der Waals surface area contributed by atoms with Crippen LogP contribution in [0.2, 0.25) is 0 Å². The van der Waals surface area contributed by atoms with Gasteiger partial charge in [0.05, 0.1) is 18.2 Å². The minimum absolute atomic E-state index is 0.0451. The van der Waals surface area contributed by atoms with Crippen LogP contribution in [0.4, 0.5) is 0 Å². The molecule has 0 radical (unpaired) electrons. The Balaban J connectivity index is 1.42. The number of nitrogens with zero attached hydrogens (tertiary/aromatic N) is 4.